The first-order valence-corrected chi connectivity index (χ1v) is 6.65. The van der Waals surface area contributed by atoms with E-state index in [4.69, 9.17) is 14.5 Å². The Balaban J connectivity index is 1.79. The third kappa shape index (κ3) is 2.76. The Hall–Kier alpha value is -2.04. The summed E-state index contributed by atoms with van der Waals surface area (Å²) >= 11 is 0. The highest BCUT2D eigenvalue weighted by molar-refractivity contribution is 6.58. The van der Waals surface area contributed by atoms with Gasteiger partial charge in [0, 0.05) is 11.8 Å². The molecular formula is C16H15BO3. The van der Waals surface area contributed by atoms with Gasteiger partial charge < -0.3 is 14.5 Å². The van der Waals surface area contributed by atoms with E-state index in [9.17, 15) is 0 Å². The van der Waals surface area contributed by atoms with Crippen molar-refractivity contribution in [1.82, 2.24) is 0 Å². The quantitative estimate of drug-likeness (QED) is 0.709. The highest BCUT2D eigenvalue weighted by Crippen LogP contribution is 2.19. The van der Waals surface area contributed by atoms with Gasteiger partial charge in [0.2, 0.25) is 0 Å². The normalized spacial score (nSPS) is 10.9. The number of aryl methyl sites for hydroxylation is 2. The van der Waals surface area contributed by atoms with Crippen molar-refractivity contribution in [3.8, 4) is 0 Å². The zero-order valence-corrected chi connectivity index (χ0v) is 11.0. The summed E-state index contributed by atoms with van der Waals surface area (Å²) in [5, 5.41) is 19.3. The van der Waals surface area contributed by atoms with Crippen LogP contribution >= 0.6 is 0 Å². The first kappa shape index (κ1) is 13.0. The second kappa shape index (κ2) is 5.53. The summed E-state index contributed by atoms with van der Waals surface area (Å²) < 4.78 is 5.76. The van der Waals surface area contributed by atoms with Gasteiger partial charge >= 0.3 is 7.12 Å². The van der Waals surface area contributed by atoms with Crippen LogP contribution in [-0.4, -0.2) is 17.2 Å². The fourth-order valence-corrected chi connectivity index (χ4v) is 2.30. The van der Waals surface area contributed by atoms with E-state index in [1.807, 2.05) is 30.3 Å². The van der Waals surface area contributed by atoms with E-state index >= 15 is 0 Å². The van der Waals surface area contributed by atoms with E-state index in [0.29, 0.717) is 11.0 Å². The Morgan fingerprint density at radius 3 is 2.45 bits per heavy atom. The SMILES string of the molecule is OB(O)c1ccc2cc(CCc3ccccc3)oc2c1. The molecule has 1 heterocycles. The van der Waals surface area contributed by atoms with Gasteiger partial charge in [-0.25, -0.2) is 0 Å². The van der Waals surface area contributed by atoms with Crippen LogP contribution in [0.4, 0.5) is 0 Å². The Morgan fingerprint density at radius 1 is 0.900 bits per heavy atom. The molecule has 2 aromatic carbocycles. The predicted molar refractivity (Wildman–Crippen MR) is 79.9 cm³/mol. The lowest BCUT2D eigenvalue weighted by molar-refractivity contribution is 0.425. The average molecular weight is 266 g/mol. The summed E-state index contributed by atoms with van der Waals surface area (Å²) in [6, 6.07) is 17.5. The van der Waals surface area contributed by atoms with Gasteiger partial charge in [-0.3, -0.25) is 0 Å². The van der Waals surface area contributed by atoms with Crippen molar-refractivity contribution in [2.24, 2.45) is 0 Å². The molecule has 0 aliphatic rings. The second-order valence-electron chi connectivity index (χ2n) is 4.87. The van der Waals surface area contributed by atoms with Gasteiger partial charge in [-0.15, -0.1) is 0 Å². The average Bonchev–Trinajstić information content (AvgIpc) is 2.88. The molecule has 3 rings (SSSR count). The third-order valence-electron chi connectivity index (χ3n) is 3.40. The number of furan rings is 1. The molecule has 0 radical (unpaired) electrons. The first-order chi connectivity index (χ1) is 9.72. The van der Waals surface area contributed by atoms with Crippen LogP contribution in [0.3, 0.4) is 0 Å². The Morgan fingerprint density at radius 2 is 1.70 bits per heavy atom. The van der Waals surface area contributed by atoms with E-state index < -0.39 is 7.12 Å². The minimum absolute atomic E-state index is 0.446. The van der Waals surface area contributed by atoms with Crippen molar-refractivity contribution in [3.05, 3.63) is 65.9 Å². The van der Waals surface area contributed by atoms with Crippen LogP contribution in [0.1, 0.15) is 11.3 Å². The van der Waals surface area contributed by atoms with E-state index in [-0.39, 0.29) is 0 Å². The maximum Gasteiger partial charge on any atom is 0.488 e. The maximum absolute atomic E-state index is 9.16. The van der Waals surface area contributed by atoms with Crippen LogP contribution in [-0.2, 0) is 12.8 Å². The minimum atomic E-state index is -1.46. The number of hydrogen-bond acceptors (Lipinski definition) is 3. The summed E-state index contributed by atoms with van der Waals surface area (Å²) in [6.07, 6.45) is 1.76. The highest BCUT2D eigenvalue weighted by atomic mass is 16.4. The molecule has 3 aromatic rings. The van der Waals surface area contributed by atoms with Crippen LogP contribution < -0.4 is 5.46 Å². The largest absolute Gasteiger partial charge is 0.488 e. The van der Waals surface area contributed by atoms with E-state index in [1.165, 1.54) is 5.56 Å². The molecule has 3 nitrogen and oxygen atoms in total. The Labute approximate surface area is 117 Å². The molecule has 0 amide bonds. The molecule has 0 aliphatic carbocycles. The zero-order valence-electron chi connectivity index (χ0n) is 11.0. The van der Waals surface area contributed by atoms with Crippen LogP contribution in [0.25, 0.3) is 11.0 Å². The molecule has 20 heavy (non-hydrogen) atoms. The summed E-state index contributed by atoms with van der Waals surface area (Å²) in [5.41, 5.74) is 2.42. The van der Waals surface area contributed by atoms with E-state index in [2.05, 4.69) is 12.1 Å². The number of benzene rings is 2. The van der Waals surface area contributed by atoms with Gasteiger partial charge in [-0.1, -0.05) is 42.5 Å². The molecule has 0 fully saturated rings. The minimum Gasteiger partial charge on any atom is -0.461 e. The second-order valence-corrected chi connectivity index (χ2v) is 4.87. The van der Waals surface area contributed by atoms with Crippen molar-refractivity contribution in [3.63, 3.8) is 0 Å². The lowest BCUT2D eigenvalue weighted by Crippen LogP contribution is -2.29. The predicted octanol–water partition coefficient (Wildman–Crippen LogP) is 1.90. The highest BCUT2D eigenvalue weighted by Gasteiger charge is 2.13. The molecule has 0 atom stereocenters. The Bertz CT molecular complexity index is 704. The van der Waals surface area contributed by atoms with E-state index in [1.54, 1.807) is 12.1 Å². The third-order valence-corrected chi connectivity index (χ3v) is 3.40. The van der Waals surface area contributed by atoms with Crippen molar-refractivity contribution in [2.45, 2.75) is 12.8 Å². The van der Waals surface area contributed by atoms with Crippen molar-refractivity contribution in [2.75, 3.05) is 0 Å². The Kier molecular flexibility index (Phi) is 3.59. The molecule has 2 N–H and O–H groups in total. The van der Waals surface area contributed by atoms with Crippen LogP contribution in [0.5, 0.6) is 0 Å². The molecular weight excluding hydrogens is 251 g/mol. The fourth-order valence-electron chi connectivity index (χ4n) is 2.30. The monoisotopic (exact) mass is 266 g/mol. The molecule has 100 valence electrons. The molecule has 4 heteroatoms. The number of rotatable bonds is 4. The lowest BCUT2D eigenvalue weighted by atomic mass is 9.80. The van der Waals surface area contributed by atoms with Gasteiger partial charge in [0.25, 0.3) is 0 Å². The number of hydrogen-bond donors (Lipinski definition) is 2. The molecule has 0 unspecified atom stereocenters. The topological polar surface area (TPSA) is 53.6 Å². The molecule has 0 bridgehead atoms. The summed E-state index contributed by atoms with van der Waals surface area (Å²) in [6.45, 7) is 0. The molecule has 0 saturated carbocycles. The van der Waals surface area contributed by atoms with Crippen LogP contribution in [0, 0.1) is 0 Å². The molecule has 0 aliphatic heterocycles. The van der Waals surface area contributed by atoms with Gasteiger partial charge in [-0.2, -0.15) is 0 Å². The van der Waals surface area contributed by atoms with Crippen molar-refractivity contribution in [1.29, 1.82) is 0 Å². The fraction of sp³-hybridized carbons (Fsp3) is 0.125. The summed E-state index contributed by atoms with van der Waals surface area (Å²) in [4.78, 5) is 0. The molecule has 0 spiro atoms. The van der Waals surface area contributed by atoms with Crippen LogP contribution in [0.2, 0.25) is 0 Å². The molecule has 1 aromatic heterocycles. The first-order valence-electron chi connectivity index (χ1n) is 6.65. The van der Waals surface area contributed by atoms with Gasteiger partial charge in [0.15, 0.2) is 0 Å². The van der Waals surface area contributed by atoms with E-state index in [0.717, 1.165) is 24.0 Å². The van der Waals surface area contributed by atoms with Crippen LogP contribution in [0.15, 0.2) is 59.0 Å². The summed E-state index contributed by atoms with van der Waals surface area (Å²) in [5.74, 6) is 0.911. The van der Waals surface area contributed by atoms with Gasteiger partial charge in [0.05, 0.1) is 0 Å². The van der Waals surface area contributed by atoms with Crippen molar-refractivity contribution < 1.29 is 14.5 Å². The lowest BCUT2D eigenvalue weighted by Gasteiger charge is -1.98. The molecule has 0 saturated heterocycles. The maximum atomic E-state index is 9.16. The van der Waals surface area contributed by atoms with Gasteiger partial charge in [0.1, 0.15) is 11.3 Å². The smallest absolute Gasteiger partial charge is 0.461 e. The summed E-state index contributed by atoms with van der Waals surface area (Å²) in [7, 11) is -1.46. The number of fused-ring (bicyclic) bond motifs is 1. The zero-order chi connectivity index (χ0) is 13.9. The standard InChI is InChI=1S/C16H15BO3/c18-17(19)14-8-7-13-10-15(20-16(13)11-14)9-6-12-4-2-1-3-5-12/h1-5,7-8,10-11,18-19H,6,9H2. The van der Waals surface area contributed by atoms with Gasteiger partial charge in [-0.05, 0) is 29.6 Å². The van der Waals surface area contributed by atoms with Crippen molar-refractivity contribution >= 4 is 23.6 Å².